The fourth-order valence-electron chi connectivity index (χ4n) is 1.81. The van der Waals surface area contributed by atoms with Gasteiger partial charge in [0.15, 0.2) is 0 Å². The summed E-state index contributed by atoms with van der Waals surface area (Å²) in [6, 6.07) is 7.31. The van der Waals surface area contributed by atoms with Gasteiger partial charge < -0.3 is 0 Å². The van der Waals surface area contributed by atoms with Crippen molar-refractivity contribution < 1.29 is 8.78 Å². The minimum Gasteiger partial charge on any atom is -0.298 e. The molecule has 94 valence electrons. The number of hydrogen-bond donors (Lipinski definition) is 0. The lowest BCUT2D eigenvalue weighted by Gasteiger charge is -2.17. The van der Waals surface area contributed by atoms with Gasteiger partial charge >= 0.3 is 0 Å². The molecule has 2 rings (SSSR count). The summed E-state index contributed by atoms with van der Waals surface area (Å²) in [5.41, 5.74) is 1.40. The fraction of sp³-hybridized carbons (Fsp3) is 0.214. The molecular weight excluding hydrogens is 234 g/mol. The third-order valence-corrected chi connectivity index (χ3v) is 2.62. The second-order valence-electron chi connectivity index (χ2n) is 4.27. The lowest BCUT2D eigenvalue weighted by Crippen LogP contribution is -2.18. The van der Waals surface area contributed by atoms with Crippen LogP contribution in [0.5, 0.6) is 0 Å². The summed E-state index contributed by atoms with van der Waals surface area (Å²) in [6.07, 6.45) is 3.47. The van der Waals surface area contributed by atoms with Crippen LogP contribution in [-0.2, 0) is 13.1 Å². The first-order valence-electron chi connectivity index (χ1n) is 5.66. The summed E-state index contributed by atoms with van der Waals surface area (Å²) in [6.45, 7) is 1.00. The molecule has 0 fully saturated rings. The molecule has 0 radical (unpaired) electrons. The summed E-state index contributed by atoms with van der Waals surface area (Å²) in [7, 11) is 1.86. The van der Waals surface area contributed by atoms with Gasteiger partial charge in [0, 0.05) is 31.0 Å². The van der Waals surface area contributed by atoms with Crippen molar-refractivity contribution in [3.63, 3.8) is 0 Å². The van der Waals surface area contributed by atoms with E-state index in [-0.39, 0.29) is 5.82 Å². The standard InChI is InChI=1S/C14H14F2N2/c1-18(9-11-3-2-6-17-8-11)10-12-7-13(15)4-5-14(12)16/h2-8H,9-10H2,1H3. The van der Waals surface area contributed by atoms with E-state index in [2.05, 4.69) is 4.98 Å². The van der Waals surface area contributed by atoms with Crippen molar-refractivity contribution >= 4 is 0 Å². The largest absolute Gasteiger partial charge is 0.298 e. The normalized spacial score (nSPS) is 10.9. The molecule has 0 unspecified atom stereocenters. The number of aromatic nitrogens is 1. The van der Waals surface area contributed by atoms with Crippen LogP contribution in [0.4, 0.5) is 8.78 Å². The van der Waals surface area contributed by atoms with Gasteiger partial charge in [0.25, 0.3) is 0 Å². The predicted octanol–water partition coefficient (Wildman–Crippen LogP) is 2.99. The van der Waals surface area contributed by atoms with Gasteiger partial charge in [0.05, 0.1) is 0 Å². The molecule has 0 N–H and O–H groups in total. The highest BCUT2D eigenvalue weighted by Crippen LogP contribution is 2.13. The van der Waals surface area contributed by atoms with Crippen LogP contribution in [0.2, 0.25) is 0 Å². The van der Waals surface area contributed by atoms with E-state index in [1.807, 2.05) is 24.1 Å². The lowest BCUT2D eigenvalue weighted by atomic mass is 10.2. The average molecular weight is 248 g/mol. The molecule has 2 aromatic rings. The Kier molecular flexibility index (Phi) is 3.99. The summed E-state index contributed by atoms with van der Waals surface area (Å²) in [4.78, 5) is 5.93. The van der Waals surface area contributed by atoms with E-state index >= 15 is 0 Å². The van der Waals surface area contributed by atoms with Crippen LogP contribution in [-0.4, -0.2) is 16.9 Å². The summed E-state index contributed by atoms with van der Waals surface area (Å²) in [5.74, 6) is -0.796. The van der Waals surface area contributed by atoms with Gasteiger partial charge in [0.1, 0.15) is 11.6 Å². The number of nitrogens with zero attached hydrogens (tertiary/aromatic N) is 2. The van der Waals surface area contributed by atoms with Crippen molar-refractivity contribution in [1.29, 1.82) is 0 Å². The molecule has 1 aromatic heterocycles. The van der Waals surface area contributed by atoms with Crippen LogP contribution < -0.4 is 0 Å². The zero-order valence-corrected chi connectivity index (χ0v) is 10.1. The van der Waals surface area contributed by atoms with E-state index in [4.69, 9.17) is 0 Å². The Hall–Kier alpha value is -1.81. The van der Waals surface area contributed by atoms with E-state index < -0.39 is 5.82 Å². The number of hydrogen-bond acceptors (Lipinski definition) is 2. The number of halogens is 2. The van der Waals surface area contributed by atoms with Crippen molar-refractivity contribution in [3.05, 3.63) is 65.5 Å². The number of rotatable bonds is 4. The molecule has 0 saturated carbocycles. The Balaban J connectivity index is 2.03. The highest BCUT2D eigenvalue weighted by atomic mass is 19.1. The van der Waals surface area contributed by atoms with E-state index in [0.29, 0.717) is 18.7 Å². The van der Waals surface area contributed by atoms with Crippen molar-refractivity contribution in [3.8, 4) is 0 Å². The van der Waals surface area contributed by atoms with Gasteiger partial charge in [-0.1, -0.05) is 6.07 Å². The van der Waals surface area contributed by atoms with E-state index in [1.165, 1.54) is 6.07 Å². The summed E-state index contributed by atoms with van der Waals surface area (Å²) >= 11 is 0. The molecule has 0 bridgehead atoms. The first-order chi connectivity index (χ1) is 8.65. The molecule has 2 nitrogen and oxygen atoms in total. The van der Waals surface area contributed by atoms with Gasteiger partial charge in [-0.05, 0) is 36.9 Å². The van der Waals surface area contributed by atoms with Gasteiger partial charge in [-0.15, -0.1) is 0 Å². The molecule has 0 aliphatic rings. The lowest BCUT2D eigenvalue weighted by molar-refractivity contribution is 0.312. The molecule has 1 heterocycles. The zero-order chi connectivity index (χ0) is 13.0. The van der Waals surface area contributed by atoms with Crippen LogP contribution in [0, 0.1) is 11.6 Å². The molecule has 0 aliphatic heterocycles. The van der Waals surface area contributed by atoms with Crippen molar-refractivity contribution in [2.24, 2.45) is 0 Å². The van der Waals surface area contributed by atoms with E-state index in [0.717, 1.165) is 17.7 Å². The molecule has 0 atom stereocenters. The molecule has 0 spiro atoms. The van der Waals surface area contributed by atoms with Gasteiger partial charge in [-0.3, -0.25) is 9.88 Å². The minimum atomic E-state index is -0.416. The average Bonchev–Trinajstić information content (AvgIpc) is 2.35. The quantitative estimate of drug-likeness (QED) is 0.827. The van der Waals surface area contributed by atoms with Gasteiger partial charge in [-0.25, -0.2) is 8.78 Å². The monoisotopic (exact) mass is 248 g/mol. The number of pyridine rings is 1. The SMILES string of the molecule is CN(Cc1cccnc1)Cc1cc(F)ccc1F. The summed E-state index contributed by atoms with van der Waals surface area (Å²) in [5, 5.41) is 0. The Morgan fingerprint density at radius 2 is 2.00 bits per heavy atom. The summed E-state index contributed by atoms with van der Waals surface area (Å²) < 4.78 is 26.5. The maximum absolute atomic E-state index is 13.5. The van der Waals surface area contributed by atoms with Crippen LogP contribution in [0.15, 0.2) is 42.7 Å². The molecule has 1 aromatic carbocycles. The molecule has 0 aliphatic carbocycles. The predicted molar refractivity (Wildman–Crippen MR) is 65.8 cm³/mol. The number of benzene rings is 1. The Morgan fingerprint density at radius 3 is 2.72 bits per heavy atom. The van der Waals surface area contributed by atoms with Crippen LogP contribution in [0.3, 0.4) is 0 Å². The zero-order valence-electron chi connectivity index (χ0n) is 10.1. The Labute approximate surface area is 105 Å². The Morgan fingerprint density at radius 1 is 1.17 bits per heavy atom. The van der Waals surface area contributed by atoms with Gasteiger partial charge in [-0.2, -0.15) is 0 Å². The molecule has 0 saturated heterocycles. The molecule has 4 heteroatoms. The van der Waals surface area contributed by atoms with Crippen LogP contribution in [0.25, 0.3) is 0 Å². The van der Waals surface area contributed by atoms with Crippen LogP contribution >= 0.6 is 0 Å². The van der Waals surface area contributed by atoms with Crippen molar-refractivity contribution in [2.45, 2.75) is 13.1 Å². The van der Waals surface area contributed by atoms with Crippen molar-refractivity contribution in [2.75, 3.05) is 7.05 Å². The smallest absolute Gasteiger partial charge is 0.127 e. The minimum absolute atomic E-state index is 0.360. The molecular formula is C14H14F2N2. The first-order valence-corrected chi connectivity index (χ1v) is 5.66. The topological polar surface area (TPSA) is 16.1 Å². The maximum Gasteiger partial charge on any atom is 0.127 e. The molecule has 0 amide bonds. The fourth-order valence-corrected chi connectivity index (χ4v) is 1.81. The highest BCUT2D eigenvalue weighted by molar-refractivity contribution is 5.19. The maximum atomic E-state index is 13.5. The second-order valence-corrected chi connectivity index (χ2v) is 4.27. The van der Waals surface area contributed by atoms with E-state index in [1.54, 1.807) is 12.4 Å². The highest BCUT2D eigenvalue weighted by Gasteiger charge is 2.07. The molecule has 18 heavy (non-hydrogen) atoms. The first kappa shape index (κ1) is 12.6. The third-order valence-electron chi connectivity index (χ3n) is 2.62. The van der Waals surface area contributed by atoms with E-state index in [9.17, 15) is 8.78 Å². The Bertz CT molecular complexity index is 514. The van der Waals surface area contributed by atoms with Gasteiger partial charge in [0.2, 0.25) is 0 Å². The van der Waals surface area contributed by atoms with Crippen LogP contribution in [0.1, 0.15) is 11.1 Å². The van der Waals surface area contributed by atoms with Crippen molar-refractivity contribution in [1.82, 2.24) is 9.88 Å². The second kappa shape index (κ2) is 5.69. The third kappa shape index (κ3) is 3.34.